The molecule has 1 aliphatic rings. The molecule has 150 valence electrons. The number of amides is 1. The zero-order chi connectivity index (χ0) is 20.1. The molecular weight excluding hydrogens is 378 g/mol. The van der Waals surface area contributed by atoms with E-state index < -0.39 is 10.0 Å². The zero-order valence-electron chi connectivity index (χ0n) is 16.1. The molecule has 0 bridgehead atoms. The molecular formula is C20H25N3O4S. The highest BCUT2D eigenvalue weighted by atomic mass is 32.2. The molecule has 0 unspecified atom stereocenters. The Morgan fingerprint density at radius 2 is 1.68 bits per heavy atom. The summed E-state index contributed by atoms with van der Waals surface area (Å²) in [6, 6.07) is 12.9. The van der Waals surface area contributed by atoms with E-state index in [1.807, 2.05) is 19.1 Å². The number of aryl methyl sites for hydroxylation is 1. The normalized spacial score (nSPS) is 15.3. The Hall–Kier alpha value is -2.58. The second-order valence-corrected chi connectivity index (χ2v) is 8.60. The fraction of sp³-hybridized carbons (Fsp3) is 0.350. The van der Waals surface area contributed by atoms with E-state index >= 15 is 0 Å². The second-order valence-electron chi connectivity index (χ2n) is 7.00. The molecule has 1 fully saturated rings. The molecule has 0 aliphatic carbocycles. The number of likely N-dealkylation sites (N-methyl/N-ethyl adjacent to an activating group) is 1. The summed E-state index contributed by atoms with van der Waals surface area (Å²) in [6.45, 7) is 5.19. The van der Waals surface area contributed by atoms with Crippen LogP contribution < -0.4 is 9.64 Å². The molecule has 8 heteroatoms. The van der Waals surface area contributed by atoms with Crippen LogP contribution in [0.5, 0.6) is 5.75 Å². The van der Waals surface area contributed by atoms with Crippen LogP contribution in [-0.2, 0) is 14.8 Å². The molecule has 7 nitrogen and oxygen atoms in total. The first kappa shape index (κ1) is 20.2. The number of hydrogen-bond acceptors (Lipinski definition) is 4. The van der Waals surface area contributed by atoms with Gasteiger partial charge in [-0.2, -0.15) is 0 Å². The predicted molar refractivity (Wildman–Crippen MR) is 107 cm³/mol. The number of rotatable bonds is 6. The van der Waals surface area contributed by atoms with Crippen molar-refractivity contribution in [2.45, 2.75) is 11.8 Å². The Bertz CT molecular complexity index is 903. The van der Waals surface area contributed by atoms with Gasteiger partial charge in [-0.3, -0.25) is 4.79 Å². The molecule has 0 saturated carbocycles. The predicted octanol–water partition coefficient (Wildman–Crippen LogP) is 1.12. The molecule has 28 heavy (non-hydrogen) atoms. The maximum absolute atomic E-state index is 12.4. The van der Waals surface area contributed by atoms with E-state index in [-0.39, 0.29) is 17.4 Å². The summed E-state index contributed by atoms with van der Waals surface area (Å²) in [7, 11) is -1.69. The van der Waals surface area contributed by atoms with Crippen LogP contribution in [0.2, 0.25) is 0 Å². The van der Waals surface area contributed by atoms with Gasteiger partial charge in [0.15, 0.2) is 6.61 Å². The van der Waals surface area contributed by atoms with Gasteiger partial charge in [0.1, 0.15) is 15.8 Å². The average molecular weight is 404 g/mol. The van der Waals surface area contributed by atoms with E-state index in [4.69, 9.17) is 4.74 Å². The van der Waals surface area contributed by atoms with Gasteiger partial charge in [-0.15, -0.1) is 5.69 Å². The molecule has 1 heterocycles. The number of nitrogens with one attached hydrogen (secondary N) is 1. The van der Waals surface area contributed by atoms with Crippen molar-refractivity contribution in [2.24, 2.45) is 0 Å². The van der Waals surface area contributed by atoms with Gasteiger partial charge in [-0.25, -0.2) is 8.42 Å². The third-order valence-electron chi connectivity index (χ3n) is 4.71. The number of quaternary nitrogens is 1. The molecule has 3 rings (SSSR count). The lowest BCUT2D eigenvalue weighted by atomic mass is 10.2. The van der Waals surface area contributed by atoms with Crippen LogP contribution in [0.15, 0.2) is 53.4 Å². The summed E-state index contributed by atoms with van der Waals surface area (Å²) in [4.78, 5) is 15.5. The van der Waals surface area contributed by atoms with E-state index in [0.29, 0.717) is 11.4 Å². The number of carbonyl (C=O) groups excluding carboxylic acids is 1. The summed E-state index contributed by atoms with van der Waals surface area (Å²) in [5.41, 5.74) is 1.41. The molecule has 0 atom stereocenters. The Morgan fingerprint density at radius 3 is 2.29 bits per heavy atom. The van der Waals surface area contributed by atoms with Crippen molar-refractivity contribution >= 4 is 21.6 Å². The quantitative estimate of drug-likeness (QED) is 0.784. The summed E-state index contributed by atoms with van der Waals surface area (Å²) < 4.78 is 34.2. The summed E-state index contributed by atoms with van der Waals surface area (Å²) in [5.74, 6) is 0.390. The lowest BCUT2D eigenvalue weighted by Gasteiger charge is -2.30. The highest BCUT2D eigenvalue weighted by Crippen LogP contribution is 2.28. The Balaban J connectivity index is 1.56. The minimum Gasteiger partial charge on any atom is -0.573 e. The van der Waals surface area contributed by atoms with Gasteiger partial charge in [0.25, 0.3) is 5.91 Å². The summed E-state index contributed by atoms with van der Waals surface area (Å²) in [5, 5.41) is 0. The highest BCUT2D eigenvalue weighted by Gasteiger charge is 2.21. The first-order valence-electron chi connectivity index (χ1n) is 9.20. The average Bonchev–Trinajstić information content (AvgIpc) is 2.68. The number of carbonyl (C=O) groups is 1. The maximum atomic E-state index is 12.4. The van der Waals surface area contributed by atoms with Crippen LogP contribution in [0.3, 0.4) is 0 Å². The molecule has 0 radical (unpaired) electrons. The first-order chi connectivity index (χ1) is 13.3. The van der Waals surface area contributed by atoms with Crippen LogP contribution in [0.1, 0.15) is 5.56 Å². The molecule has 1 saturated heterocycles. The molecule has 2 aromatic rings. The zero-order valence-corrected chi connectivity index (χ0v) is 16.9. The maximum Gasteiger partial charge on any atom is 0.260 e. The highest BCUT2D eigenvalue weighted by molar-refractivity contribution is 7.94. The molecule has 0 aromatic heterocycles. The fourth-order valence-electron chi connectivity index (χ4n) is 2.88. The smallest absolute Gasteiger partial charge is 0.260 e. The number of hydrogen-bond donors (Lipinski definition) is 1. The van der Waals surface area contributed by atoms with E-state index in [1.165, 1.54) is 17.0 Å². The molecule has 2 aromatic carbocycles. The van der Waals surface area contributed by atoms with Crippen molar-refractivity contribution < 1.29 is 22.8 Å². The monoisotopic (exact) mass is 403 g/mol. The van der Waals surface area contributed by atoms with Gasteiger partial charge < -0.3 is 19.3 Å². The number of benzene rings is 2. The fourth-order valence-corrected chi connectivity index (χ4v) is 3.86. The van der Waals surface area contributed by atoms with Gasteiger partial charge in [0.2, 0.25) is 0 Å². The van der Waals surface area contributed by atoms with Crippen molar-refractivity contribution in [3.63, 3.8) is 0 Å². The van der Waals surface area contributed by atoms with Gasteiger partial charge in [-0.05, 0) is 31.2 Å². The van der Waals surface area contributed by atoms with Crippen molar-refractivity contribution in [1.29, 1.82) is 0 Å². The molecule has 1 amide bonds. The number of piperazine rings is 1. The first-order valence-corrected chi connectivity index (χ1v) is 10.6. The van der Waals surface area contributed by atoms with Gasteiger partial charge >= 0.3 is 0 Å². The topological polar surface area (TPSA) is 82.2 Å². The third kappa shape index (κ3) is 5.24. The number of sulfonamides is 1. The Labute approximate surface area is 166 Å². The summed E-state index contributed by atoms with van der Waals surface area (Å²) in [6.07, 6.45) is 0. The van der Waals surface area contributed by atoms with Crippen LogP contribution >= 0.6 is 0 Å². The minimum absolute atomic E-state index is 0.0567. The van der Waals surface area contributed by atoms with Crippen LogP contribution in [0.25, 0.3) is 4.72 Å². The van der Waals surface area contributed by atoms with Gasteiger partial charge in [0, 0.05) is 0 Å². The lowest BCUT2D eigenvalue weighted by molar-refractivity contribution is -0.883. The Morgan fingerprint density at radius 1 is 1.07 bits per heavy atom. The van der Waals surface area contributed by atoms with E-state index in [1.54, 1.807) is 29.2 Å². The van der Waals surface area contributed by atoms with Crippen LogP contribution in [0, 0.1) is 6.92 Å². The summed E-state index contributed by atoms with van der Waals surface area (Å²) >= 11 is 0. The molecule has 1 N–H and O–H groups in total. The molecule has 1 aliphatic heterocycles. The van der Waals surface area contributed by atoms with Crippen LogP contribution in [-0.4, -0.2) is 59.1 Å². The SMILES string of the molecule is Cc1ccc([N-]S(=O)(=O)c2ccc(OCC(=O)N3CC[NH+](C)CC3)cc2)cc1. The van der Waals surface area contributed by atoms with Crippen molar-refractivity contribution in [1.82, 2.24) is 4.90 Å². The van der Waals surface area contributed by atoms with Crippen LogP contribution in [0.4, 0.5) is 5.69 Å². The van der Waals surface area contributed by atoms with Crippen molar-refractivity contribution in [2.75, 3.05) is 39.8 Å². The Kier molecular flexibility index (Phi) is 6.21. The number of nitrogens with zero attached hydrogens (tertiary/aromatic N) is 2. The minimum atomic E-state index is -3.80. The second kappa shape index (κ2) is 8.62. The third-order valence-corrected chi connectivity index (χ3v) is 6.03. The van der Waals surface area contributed by atoms with E-state index in [9.17, 15) is 13.2 Å². The molecule has 0 spiro atoms. The van der Waals surface area contributed by atoms with E-state index in [2.05, 4.69) is 11.8 Å². The van der Waals surface area contributed by atoms with Crippen molar-refractivity contribution in [3.8, 4) is 5.75 Å². The van der Waals surface area contributed by atoms with Gasteiger partial charge in [-0.1, -0.05) is 29.8 Å². The largest absolute Gasteiger partial charge is 0.573 e. The lowest BCUT2D eigenvalue weighted by Crippen LogP contribution is -3.12. The van der Waals surface area contributed by atoms with Crippen molar-refractivity contribution in [3.05, 3.63) is 58.8 Å². The van der Waals surface area contributed by atoms with E-state index in [0.717, 1.165) is 31.7 Å². The standard InChI is InChI=1S/C20H24N3O4S/c1-16-3-5-17(6-4-16)21-28(25,26)19-9-7-18(8-10-19)27-15-20(24)23-13-11-22(2)12-14-23/h3-10H,11-15H2,1-2H3/q-1/p+1. The van der Waals surface area contributed by atoms with Gasteiger partial charge in [0.05, 0.1) is 38.1 Å². The number of ether oxygens (including phenoxy) is 1.